The molecule has 0 bridgehead atoms. The van der Waals surface area contributed by atoms with E-state index in [4.69, 9.17) is 4.74 Å². The molecule has 26 heavy (non-hydrogen) atoms. The Morgan fingerprint density at radius 1 is 1.27 bits per heavy atom. The van der Waals surface area contributed by atoms with Crippen LogP contribution in [0.3, 0.4) is 0 Å². The predicted octanol–water partition coefficient (Wildman–Crippen LogP) is 2.82. The molecule has 2 aromatic heterocycles. The molecule has 3 heterocycles. The fraction of sp³-hybridized carbons (Fsp3) is 0.211. The lowest BCUT2D eigenvalue weighted by Gasteiger charge is -2.11. The van der Waals surface area contributed by atoms with E-state index in [1.807, 2.05) is 6.07 Å². The van der Waals surface area contributed by atoms with Gasteiger partial charge in [0.2, 0.25) is 5.56 Å². The highest BCUT2D eigenvalue weighted by Crippen LogP contribution is 2.26. The van der Waals surface area contributed by atoms with Gasteiger partial charge < -0.3 is 15.0 Å². The van der Waals surface area contributed by atoms with Crippen molar-refractivity contribution >= 4 is 22.6 Å². The van der Waals surface area contributed by atoms with E-state index in [0.29, 0.717) is 23.3 Å². The van der Waals surface area contributed by atoms with E-state index in [9.17, 15) is 14.0 Å². The van der Waals surface area contributed by atoms with Crippen LogP contribution in [0.4, 0.5) is 10.2 Å². The number of rotatable bonds is 3. The summed E-state index contributed by atoms with van der Waals surface area (Å²) < 4.78 is 19.0. The van der Waals surface area contributed by atoms with E-state index in [1.54, 1.807) is 12.3 Å². The van der Waals surface area contributed by atoms with Gasteiger partial charge in [0.25, 0.3) is 5.91 Å². The highest BCUT2D eigenvalue weighted by atomic mass is 19.1. The SMILES string of the molecule is O=C(Nc1cc(C2CCOC2)ccn1)c1cc(=O)[nH]c2ccc(F)cc12. The fourth-order valence-electron chi connectivity index (χ4n) is 3.16. The van der Waals surface area contributed by atoms with Crippen LogP contribution in [0.2, 0.25) is 0 Å². The van der Waals surface area contributed by atoms with Crippen LogP contribution in [0, 0.1) is 5.82 Å². The number of aromatic nitrogens is 2. The second kappa shape index (κ2) is 6.68. The molecule has 4 rings (SSSR count). The summed E-state index contributed by atoms with van der Waals surface area (Å²) in [6.45, 7) is 1.37. The Morgan fingerprint density at radius 2 is 2.15 bits per heavy atom. The third-order valence-corrected chi connectivity index (χ3v) is 4.48. The molecule has 0 radical (unpaired) electrons. The lowest BCUT2D eigenvalue weighted by atomic mass is 10.00. The number of H-pyrrole nitrogens is 1. The van der Waals surface area contributed by atoms with Gasteiger partial charge in [0.15, 0.2) is 0 Å². The van der Waals surface area contributed by atoms with Crippen LogP contribution in [-0.2, 0) is 4.74 Å². The summed E-state index contributed by atoms with van der Waals surface area (Å²) in [7, 11) is 0. The first-order valence-electron chi connectivity index (χ1n) is 8.28. The minimum Gasteiger partial charge on any atom is -0.381 e. The molecule has 0 spiro atoms. The quantitative estimate of drug-likeness (QED) is 0.758. The lowest BCUT2D eigenvalue weighted by Crippen LogP contribution is -2.17. The van der Waals surface area contributed by atoms with Gasteiger partial charge in [-0.25, -0.2) is 9.37 Å². The molecule has 3 aromatic rings. The molecule has 0 aliphatic carbocycles. The van der Waals surface area contributed by atoms with Gasteiger partial charge in [0, 0.05) is 35.7 Å². The van der Waals surface area contributed by atoms with Crippen LogP contribution >= 0.6 is 0 Å². The topological polar surface area (TPSA) is 84.1 Å². The molecular weight excluding hydrogens is 337 g/mol. The summed E-state index contributed by atoms with van der Waals surface area (Å²) in [5, 5.41) is 3.03. The van der Waals surface area contributed by atoms with Crippen molar-refractivity contribution in [3.63, 3.8) is 0 Å². The van der Waals surface area contributed by atoms with Crippen molar-refractivity contribution in [1.82, 2.24) is 9.97 Å². The molecule has 1 fully saturated rings. The first kappa shape index (κ1) is 16.4. The second-order valence-electron chi connectivity index (χ2n) is 6.23. The number of hydrogen-bond donors (Lipinski definition) is 2. The van der Waals surface area contributed by atoms with Gasteiger partial charge in [-0.05, 0) is 42.3 Å². The number of fused-ring (bicyclic) bond motifs is 1. The van der Waals surface area contributed by atoms with E-state index in [-0.39, 0.29) is 11.5 Å². The summed E-state index contributed by atoms with van der Waals surface area (Å²) >= 11 is 0. The van der Waals surface area contributed by atoms with E-state index >= 15 is 0 Å². The summed E-state index contributed by atoms with van der Waals surface area (Å²) in [5.41, 5.74) is 1.10. The third-order valence-electron chi connectivity index (χ3n) is 4.48. The maximum absolute atomic E-state index is 13.6. The van der Waals surface area contributed by atoms with Gasteiger partial charge in [-0.1, -0.05) is 0 Å². The molecule has 1 saturated heterocycles. The zero-order valence-electron chi connectivity index (χ0n) is 13.8. The monoisotopic (exact) mass is 353 g/mol. The molecule has 1 atom stereocenters. The van der Waals surface area contributed by atoms with Gasteiger partial charge in [0.05, 0.1) is 12.2 Å². The van der Waals surface area contributed by atoms with Crippen molar-refractivity contribution < 1.29 is 13.9 Å². The first-order valence-corrected chi connectivity index (χ1v) is 8.28. The maximum Gasteiger partial charge on any atom is 0.257 e. The van der Waals surface area contributed by atoms with E-state index < -0.39 is 17.3 Å². The largest absolute Gasteiger partial charge is 0.381 e. The number of aromatic amines is 1. The molecule has 2 N–H and O–H groups in total. The van der Waals surface area contributed by atoms with Crippen LogP contribution in [-0.4, -0.2) is 29.1 Å². The van der Waals surface area contributed by atoms with E-state index in [2.05, 4.69) is 15.3 Å². The van der Waals surface area contributed by atoms with Gasteiger partial charge >= 0.3 is 0 Å². The van der Waals surface area contributed by atoms with Gasteiger partial charge in [-0.3, -0.25) is 9.59 Å². The number of nitrogens with zero attached hydrogens (tertiary/aromatic N) is 1. The minimum absolute atomic E-state index is 0.0969. The molecule has 1 amide bonds. The molecule has 1 aliphatic heterocycles. The molecule has 1 aliphatic rings. The number of ether oxygens (including phenoxy) is 1. The number of amides is 1. The summed E-state index contributed by atoms with van der Waals surface area (Å²) in [6.07, 6.45) is 2.55. The first-order chi connectivity index (χ1) is 12.6. The van der Waals surface area contributed by atoms with E-state index in [1.165, 1.54) is 18.2 Å². The average Bonchev–Trinajstić information content (AvgIpc) is 3.16. The van der Waals surface area contributed by atoms with Crippen LogP contribution in [0.25, 0.3) is 10.9 Å². The Labute approximate surface area is 148 Å². The lowest BCUT2D eigenvalue weighted by molar-refractivity contribution is 0.102. The molecule has 132 valence electrons. The number of hydrogen-bond acceptors (Lipinski definition) is 4. The van der Waals surface area contributed by atoms with Gasteiger partial charge in [0.1, 0.15) is 11.6 Å². The van der Waals surface area contributed by atoms with Crippen molar-refractivity contribution in [2.24, 2.45) is 0 Å². The third kappa shape index (κ3) is 3.21. The number of benzene rings is 1. The Morgan fingerprint density at radius 3 is 2.96 bits per heavy atom. The van der Waals surface area contributed by atoms with Gasteiger partial charge in [-0.15, -0.1) is 0 Å². The molecule has 0 saturated carbocycles. The molecule has 1 unspecified atom stereocenters. The fourth-order valence-corrected chi connectivity index (χ4v) is 3.16. The Hall–Kier alpha value is -3.06. The van der Waals surface area contributed by atoms with Crippen molar-refractivity contribution in [3.05, 3.63) is 69.9 Å². The Balaban J connectivity index is 1.67. The predicted molar refractivity (Wildman–Crippen MR) is 94.9 cm³/mol. The van der Waals surface area contributed by atoms with E-state index in [0.717, 1.165) is 24.7 Å². The zero-order valence-corrected chi connectivity index (χ0v) is 13.8. The average molecular weight is 353 g/mol. The normalized spacial score (nSPS) is 16.7. The highest BCUT2D eigenvalue weighted by molar-refractivity contribution is 6.11. The molecular formula is C19H16FN3O3. The standard InChI is InChI=1S/C19H16FN3O3/c20-13-1-2-16-14(8-13)15(9-18(24)22-16)19(25)23-17-7-11(3-5-21-17)12-4-6-26-10-12/h1-3,5,7-9,12H,4,6,10H2,(H,22,24)(H,21,23,25). The Bertz CT molecular complexity index is 1040. The van der Waals surface area contributed by atoms with Crippen LogP contribution < -0.4 is 10.9 Å². The smallest absolute Gasteiger partial charge is 0.257 e. The van der Waals surface area contributed by atoms with Crippen molar-refractivity contribution in [2.75, 3.05) is 18.5 Å². The summed E-state index contributed by atoms with van der Waals surface area (Å²) in [5.74, 6) is -0.341. The summed E-state index contributed by atoms with van der Waals surface area (Å²) in [6, 6.07) is 8.74. The maximum atomic E-state index is 13.6. The number of nitrogens with one attached hydrogen (secondary N) is 2. The summed E-state index contributed by atoms with van der Waals surface area (Å²) in [4.78, 5) is 31.2. The van der Waals surface area contributed by atoms with Crippen LogP contribution in [0.5, 0.6) is 0 Å². The number of carbonyl (C=O) groups excluding carboxylic acids is 1. The van der Waals surface area contributed by atoms with Crippen molar-refractivity contribution in [3.8, 4) is 0 Å². The van der Waals surface area contributed by atoms with Crippen LogP contribution in [0.1, 0.15) is 28.3 Å². The van der Waals surface area contributed by atoms with Gasteiger partial charge in [-0.2, -0.15) is 0 Å². The highest BCUT2D eigenvalue weighted by Gasteiger charge is 2.19. The van der Waals surface area contributed by atoms with Crippen molar-refractivity contribution in [2.45, 2.75) is 12.3 Å². The number of pyridine rings is 2. The number of halogens is 1. The van der Waals surface area contributed by atoms with Crippen LogP contribution in [0.15, 0.2) is 47.4 Å². The zero-order chi connectivity index (χ0) is 18.1. The second-order valence-corrected chi connectivity index (χ2v) is 6.23. The minimum atomic E-state index is -0.515. The number of carbonyl (C=O) groups is 1. The molecule has 1 aromatic carbocycles. The Kier molecular flexibility index (Phi) is 4.22. The number of anilines is 1. The molecule has 7 heteroatoms. The van der Waals surface area contributed by atoms with Crippen molar-refractivity contribution in [1.29, 1.82) is 0 Å². The molecule has 6 nitrogen and oxygen atoms in total.